The van der Waals surface area contributed by atoms with Gasteiger partial charge in [-0.3, -0.25) is 9.69 Å². The number of esters is 1. The van der Waals surface area contributed by atoms with Crippen LogP contribution in [-0.4, -0.2) is 92.3 Å². The first-order valence-electron chi connectivity index (χ1n) is 26.5. The molecule has 2 aromatic heterocycles. The van der Waals surface area contributed by atoms with Gasteiger partial charge in [-0.15, -0.1) is 0 Å². The summed E-state index contributed by atoms with van der Waals surface area (Å²) in [5, 5.41) is 3.69. The molecule has 16 heteroatoms. The second kappa shape index (κ2) is 24.4. The van der Waals surface area contributed by atoms with Gasteiger partial charge in [-0.25, -0.2) is 14.4 Å². The van der Waals surface area contributed by atoms with Crippen molar-refractivity contribution >= 4 is 37.4 Å². The molecule has 2 amide bonds. The second-order valence-corrected chi connectivity index (χ2v) is 27.1. The maximum Gasteiger partial charge on any atom is 0.410 e. The molecular formula is C60H74N4O11Si. The van der Waals surface area contributed by atoms with Gasteiger partial charge in [0.25, 0.3) is 0 Å². The molecule has 15 nitrogen and oxygen atoms in total. The quantitative estimate of drug-likeness (QED) is 0.0303. The number of amides is 2. The Kier molecular flexibility index (Phi) is 17.8. The van der Waals surface area contributed by atoms with E-state index in [2.05, 4.69) is 49.1 Å². The van der Waals surface area contributed by atoms with E-state index in [0.717, 1.165) is 60.1 Å². The van der Waals surface area contributed by atoms with E-state index < -0.39 is 44.2 Å². The van der Waals surface area contributed by atoms with E-state index in [9.17, 15) is 19.2 Å². The lowest BCUT2D eigenvalue weighted by Crippen LogP contribution is -2.52. The van der Waals surface area contributed by atoms with Crippen molar-refractivity contribution < 1.29 is 46.9 Å². The number of piperidine rings is 3. The van der Waals surface area contributed by atoms with E-state index in [1.54, 1.807) is 23.1 Å². The van der Waals surface area contributed by atoms with Crippen LogP contribution in [-0.2, 0) is 31.9 Å². The minimum Gasteiger partial charge on any atom is -0.487 e. The summed E-state index contributed by atoms with van der Waals surface area (Å²) in [6.45, 7) is 20.1. The highest BCUT2D eigenvalue weighted by Gasteiger charge is 2.41. The summed E-state index contributed by atoms with van der Waals surface area (Å²) in [5.41, 5.74) is 3.00. The Morgan fingerprint density at radius 1 is 0.816 bits per heavy atom. The van der Waals surface area contributed by atoms with E-state index >= 15 is 0 Å². The van der Waals surface area contributed by atoms with E-state index in [1.807, 2.05) is 118 Å². The van der Waals surface area contributed by atoms with Crippen molar-refractivity contribution in [3.8, 4) is 11.5 Å². The SMILES string of the molecule is CC(C)(C)OC(=O)N(CCCCOC(=O)c1ccc(COc2cccc(C(NC(=O)O[C@H]3CN4CCC3CC4)c3ccccc3)c2)o1)CC(O[Si](C)(C)C(C)(C)C)c1ccc(OCc2ccccc2)c2[nH]c(=O)ccc12. The van der Waals surface area contributed by atoms with Crippen LogP contribution in [0.2, 0.25) is 18.1 Å². The number of nitrogens with zero attached hydrogens (tertiary/aromatic N) is 2. The van der Waals surface area contributed by atoms with Crippen LogP contribution in [0.4, 0.5) is 9.59 Å². The Labute approximate surface area is 447 Å². The number of carbonyl (C=O) groups is 3. The lowest BCUT2D eigenvalue weighted by Gasteiger charge is -2.43. The summed E-state index contributed by atoms with van der Waals surface area (Å²) in [5.74, 6) is 1.30. The molecule has 9 rings (SSSR count). The fraction of sp³-hybridized carbons (Fsp3) is 0.433. The van der Waals surface area contributed by atoms with Crippen LogP contribution in [0.15, 0.2) is 131 Å². The van der Waals surface area contributed by atoms with Crippen molar-refractivity contribution in [2.45, 2.75) is 122 Å². The van der Waals surface area contributed by atoms with Gasteiger partial charge in [0.05, 0.1) is 30.8 Å². The van der Waals surface area contributed by atoms with Crippen LogP contribution in [0.25, 0.3) is 10.9 Å². The van der Waals surface area contributed by atoms with Gasteiger partial charge >= 0.3 is 18.2 Å². The number of carbonyl (C=O) groups excluding carboxylic acids is 3. The number of fused-ring (bicyclic) bond motifs is 4. The fourth-order valence-corrected chi connectivity index (χ4v) is 10.6. The monoisotopic (exact) mass is 1050 g/mol. The molecule has 2 bridgehead atoms. The highest BCUT2D eigenvalue weighted by atomic mass is 28.4. The highest BCUT2D eigenvalue weighted by Crippen LogP contribution is 2.42. The van der Waals surface area contributed by atoms with E-state index in [-0.39, 0.29) is 48.8 Å². The van der Waals surface area contributed by atoms with Crippen molar-refractivity contribution in [1.82, 2.24) is 20.1 Å². The molecule has 3 aliphatic rings. The van der Waals surface area contributed by atoms with Crippen molar-refractivity contribution in [3.63, 3.8) is 0 Å². The number of hydrogen-bond acceptors (Lipinski definition) is 12. The minimum absolute atomic E-state index is 0.0354. The molecule has 5 heterocycles. The van der Waals surface area contributed by atoms with Crippen LogP contribution in [0.5, 0.6) is 11.5 Å². The van der Waals surface area contributed by atoms with Crippen molar-refractivity contribution in [2.24, 2.45) is 5.92 Å². The molecule has 3 fully saturated rings. The zero-order valence-electron chi connectivity index (χ0n) is 45.2. The smallest absolute Gasteiger partial charge is 0.410 e. The number of aromatic amines is 1. The Balaban J connectivity index is 0.889. The number of unbranched alkanes of at least 4 members (excludes halogenated alkanes) is 1. The molecule has 2 unspecified atom stereocenters. The Hall–Kier alpha value is -6.88. The zero-order valence-corrected chi connectivity index (χ0v) is 46.2. The summed E-state index contributed by atoms with van der Waals surface area (Å²) in [4.78, 5) is 60.5. The van der Waals surface area contributed by atoms with E-state index in [4.69, 9.17) is 32.5 Å². The molecule has 0 aliphatic carbocycles. The molecule has 0 radical (unpaired) electrons. The predicted molar refractivity (Wildman–Crippen MR) is 294 cm³/mol. The topological polar surface area (TPSA) is 171 Å². The number of furan rings is 1. The van der Waals surface area contributed by atoms with Gasteiger partial charge in [-0.1, -0.05) is 99.6 Å². The van der Waals surface area contributed by atoms with Crippen molar-refractivity contribution in [1.29, 1.82) is 0 Å². The number of rotatable bonds is 21. The average Bonchev–Trinajstić information content (AvgIpc) is 3.89. The highest BCUT2D eigenvalue weighted by molar-refractivity contribution is 6.74. The van der Waals surface area contributed by atoms with E-state index in [1.165, 1.54) is 6.07 Å². The normalized spacial score (nSPS) is 17.3. The number of ether oxygens (including phenoxy) is 5. The summed E-state index contributed by atoms with van der Waals surface area (Å²) in [6, 6.07) is 36.9. The van der Waals surface area contributed by atoms with Crippen molar-refractivity contribution in [2.75, 3.05) is 39.3 Å². The summed E-state index contributed by atoms with van der Waals surface area (Å²) >= 11 is 0. The number of hydrogen-bond donors (Lipinski definition) is 2. The van der Waals surface area contributed by atoms with Gasteiger partial charge in [0.2, 0.25) is 11.3 Å². The zero-order chi connectivity index (χ0) is 54.0. The lowest BCUT2D eigenvalue weighted by atomic mass is 9.86. The third-order valence-corrected chi connectivity index (χ3v) is 19.0. The molecular weight excluding hydrogens is 981 g/mol. The van der Waals surface area contributed by atoms with Gasteiger partial charge in [0.15, 0.2) is 8.32 Å². The number of H-pyrrole nitrogens is 1. The Morgan fingerprint density at radius 2 is 1.54 bits per heavy atom. The van der Waals surface area contributed by atoms with Crippen LogP contribution in [0, 0.1) is 5.92 Å². The van der Waals surface area contributed by atoms with Crippen LogP contribution in [0.1, 0.15) is 118 Å². The first-order valence-corrected chi connectivity index (χ1v) is 29.4. The first kappa shape index (κ1) is 55.4. The molecule has 0 saturated carbocycles. The lowest BCUT2D eigenvalue weighted by molar-refractivity contribution is -0.0336. The number of nitrogens with one attached hydrogen (secondary N) is 2. The molecule has 6 aromatic rings. The molecule has 404 valence electrons. The number of alkyl carbamates (subject to hydrolysis) is 1. The second-order valence-electron chi connectivity index (χ2n) is 22.4. The van der Waals surface area contributed by atoms with Gasteiger partial charge in [-0.05, 0) is 142 Å². The van der Waals surface area contributed by atoms with Gasteiger partial charge in [-0.2, -0.15) is 0 Å². The minimum atomic E-state index is -2.49. The largest absolute Gasteiger partial charge is 0.487 e. The third kappa shape index (κ3) is 14.7. The Bertz CT molecular complexity index is 2960. The molecule has 4 aromatic carbocycles. The number of pyridine rings is 1. The predicted octanol–water partition coefficient (Wildman–Crippen LogP) is 12.1. The molecule has 3 atom stereocenters. The number of benzene rings is 4. The fourth-order valence-electron chi connectivity index (χ4n) is 9.38. The van der Waals surface area contributed by atoms with Gasteiger partial charge in [0, 0.05) is 24.5 Å². The van der Waals surface area contributed by atoms with Crippen molar-refractivity contribution in [3.05, 3.63) is 165 Å². The summed E-state index contributed by atoms with van der Waals surface area (Å²) < 4.78 is 43.1. The summed E-state index contributed by atoms with van der Waals surface area (Å²) in [7, 11) is -2.49. The maximum absolute atomic E-state index is 14.1. The van der Waals surface area contributed by atoms with E-state index in [0.29, 0.717) is 48.1 Å². The molecule has 0 spiro atoms. The third-order valence-electron chi connectivity index (χ3n) is 14.5. The van der Waals surface area contributed by atoms with Crippen LogP contribution in [0.3, 0.4) is 0 Å². The average molecular weight is 1060 g/mol. The Morgan fingerprint density at radius 3 is 2.24 bits per heavy atom. The van der Waals surface area contributed by atoms with Gasteiger partial charge in [0.1, 0.15) is 42.2 Å². The molecule has 3 saturated heterocycles. The molecule has 2 N–H and O–H groups in total. The molecule has 76 heavy (non-hydrogen) atoms. The number of aromatic nitrogens is 1. The van der Waals surface area contributed by atoms with Crippen LogP contribution >= 0.6 is 0 Å². The standard InChI is InChI=1S/C60H74N4O11Si/c1-59(2,3)74-58(68)64(38-52(75-76(7,8)60(4,5)6)47-25-28-49(55-48(47)26-29-53(65)61-55)71-39-41-18-11-9-12-19-41)32-15-16-35-69-56(66)50-27-24-46(72-50)40-70-45-23-17-22-44(36-45)54(43-20-13-10-14-21-43)62-57(67)73-51-37-63-33-30-42(51)31-34-63/h9-14,17-29,36,42,51-52,54H,15-16,30-35,37-40H2,1-8H3,(H,61,65)(H,62,67)/t51-,52?,54?/m0/s1. The molecule has 3 aliphatic heterocycles. The summed E-state index contributed by atoms with van der Waals surface area (Å²) in [6.07, 6.45) is 1.33. The first-order chi connectivity index (χ1) is 36.3. The van der Waals surface area contributed by atoms with Gasteiger partial charge < -0.3 is 47.7 Å². The maximum atomic E-state index is 14.1. The van der Waals surface area contributed by atoms with Crippen LogP contribution < -0.4 is 20.3 Å².